The van der Waals surface area contributed by atoms with Gasteiger partial charge in [-0.3, -0.25) is 14.6 Å². The number of nitrogens with zero attached hydrogens (tertiary/aromatic N) is 1. The molecule has 7 nitrogen and oxygen atoms in total. The lowest BCUT2D eigenvalue weighted by Crippen LogP contribution is -2.51. The van der Waals surface area contributed by atoms with Gasteiger partial charge in [-0.25, -0.2) is 0 Å². The summed E-state index contributed by atoms with van der Waals surface area (Å²) in [6.07, 6.45) is 3.10. The highest BCUT2D eigenvalue weighted by molar-refractivity contribution is 6.35. The third kappa shape index (κ3) is 3.01. The molecule has 0 N–H and O–H groups in total. The van der Waals surface area contributed by atoms with Crippen LogP contribution < -0.4 is 14.2 Å². The number of ether oxygens (including phenoxy) is 4. The molecule has 156 valence electrons. The van der Waals surface area contributed by atoms with Crippen LogP contribution in [-0.4, -0.2) is 36.4 Å². The van der Waals surface area contributed by atoms with Gasteiger partial charge < -0.3 is 18.9 Å². The second kappa shape index (κ2) is 7.65. The van der Waals surface area contributed by atoms with E-state index in [4.69, 9.17) is 30.5 Å². The molecule has 1 aromatic carbocycles. The molecule has 0 radical (unpaired) electrons. The Kier molecular flexibility index (Phi) is 5.15. The van der Waals surface area contributed by atoms with E-state index in [2.05, 4.69) is 4.98 Å². The van der Waals surface area contributed by atoms with E-state index in [1.165, 1.54) is 26.4 Å². The highest BCUT2D eigenvalue weighted by atomic mass is 35.5. The fourth-order valence-corrected chi connectivity index (χ4v) is 4.14. The number of hydrogen-bond acceptors (Lipinski definition) is 7. The molecule has 1 aromatic heterocycles. The summed E-state index contributed by atoms with van der Waals surface area (Å²) in [6, 6.07) is 6.95. The molecule has 0 saturated carbocycles. The van der Waals surface area contributed by atoms with Gasteiger partial charge in [0.25, 0.3) is 0 Å². The second-order valence-corrected chi connectivity index (χ2v) is 7.53. The number of ketones is 2. The maximum absolute atomic E-state index is 13.7. The largest absolute Gasteiger partial charge is 0.496 e. The predicted octanol–water partition coefficient (Wildman–Crippen LogP) is 3.78. The van der Waals surface area contributed by atoms with E-state index < -0.39 is 11.5 Å². The summed E-state index contributed by atoms with van der Waals surface area (Å²) >= 11 is 6.45. The van der Waals surface area contributed by atoms with Crippen molar-refractivity contribution in [1.82, 2.24) is 4.98 Å². The topological polar surface area (TPSA) is 84.0 Å². The van der Waals surface area contributed by atoms with Crippen molar-refractivity contribution in [3.8, 4) is 17.2 Å². The molecular formula is C22H20ClNO6. The van der Waals surface area contributed by atoms with Gasteiger partial charge in [0.05, 0.1) is 19.9 Å². The Morgan fingerprint density at radius 1 is 1.23 bits per heavy atom. The van der Waals surface area contributed by atoms with Crippen LogP contribution in [0.15, 0.2) is 42.3 Å². The first kappa shape index (κ1) is 20.2. The Labute approximate surface area is 178 Å². The molecule has 0 amide bonds. The molecule has 2 aromatic rings. The predicted molar refractivity (Wildman–Crippen MR) is 108 cm³/mol. The highest BCUT2D eigenvalue weighted by Gasteiger charge is 2.60. The van der Waals surface area contributed by atoms with Crippen LogP contribution in [0.1, 0.15) is 29.4 Å². The number of benzene rings is 1. The summed E-state index contributed by atoms with van der Waals surface area (Å²) in [5.74, 6) is -0.113. The van der Waals surface area contributed by atoms with Crippen molar-refractivity contribution in [2.75, 3.05) is 14.2 Å². The number of hydrogen-bond donors (Lipinski definition) is 0. The molecule has 30 heavy (non-hydrogen) atoms. The van der Waals surface area contributed by atoms with Crippen molar-refractivity contribution in [3.63, 3.8) is 0 Å². The number of aromatic nitrogens is 1. The first-order valence-corrected chi connectivity index (χ1v) is 9.76. The highest BCUT2D eigenvalue weighted by Crippen LogP contribution is 2.54. The van der Waals surface area contributed by atoms with E-state index in [9.17, 15) is 9.59 Å². The van der Waals surface area contributed by atoms with Crippen LogP contribution >= 0.6 is 11.6 Å². The van der Waals surface area contributed by atoms with Crippen LogP contribution in [0.4, 0.5) is 0 Å². The lowest BCUT2D eigenvalue weighted by molar-refractivity contribution is -0.118. The SMILES string of the molecule is COc1cc(OC)c2c(c1Cl)O[C@]1(C2=O)C(OCc2ccccn2)=CC(=O)C[C@H]1C. The van der Waals surface area contributed by atoms with Gasteiger partial charge in [0, 0.05) is 30.7 Å². The molecule has 1 spiro atoms. The first-order valence-electron chi connectivity index (χ1n) is 9.38. The molecular weight excluding hydrogens is 410 g/mol. The second-order valence-electron chi connectivity index (χ2n) is 7.16. The maximum Gasteiger partial charge on any atom is 0.231 e. The minimum absolute atomic E-state index is 0.0790. The van der Waals surface area contributed by atoms with E-state index in [0.29, 0.717) is 11.4 Å². The zero-order valence-corrected chi connectivity index (χ0v) is 17.5. The van der Waals surface area contributed by atoms with Crippen molar-refractivity contribution >= 4 is 23.2 Å². The summed E-state index contributed by atoms with van der Waals surface area (Å²) in [4.78, 5) is 30.2. The minimum Gasteiger partial charge on any atom is -0.496 e. The molecule has 1 aliphatic carbocycles. The Bertz CT molecular complexity index is 1050. The zero-order valence-electron chi connectivity index (χ0n) is 16.7. The van der Waals surface area contributed by atoms with Gasteiger partial charge in [0.1, 0.15) is 28.7 Å². The molecule has 1 aliphatic heterocycles. The molecule has 0 saturated heterocycles. The van der Waals surface area contributed by atoms with Gasteiger partial charge >= 0.3 is 0 Å². The van der Waals surface area contributed by atoms with Gasteiger partial charge in [0.2, 0.25) is 11.4 Å². The number of allylic oxidation sites excluding steroid dienone is 1. The maximum atomic E-state index is 13.7. The lowest BCUT2D eigenvalue weighted by Gasteiger charge is -2.37. The van der Waals surface area contributed by atoms with Crippen molar-refractivity contribution < 1.29 is 28.5 Å². The Morgan fingerprint density at radius 3 is 2.67 bits per heavy atom. The third-order valence-corrected chi connectivity index (χ3v) is 5.74. The zero-order chi connectivity index (χ0) is 21.5. The Hall–Kier alpha value is -3.06. The summed E-state index contributed by atoms with van der Waals surface area (Å²) in [5.41, 5.74) is -0.662. The number of halogens is 1. The quantitative estimate of drug-likeness (QED) is 0.715. The smallest absolute Gasteiger partial charge is 0.231 e. The van der Waals surface area contributed by atoms with E-state index in [1.807, 2.05) is 6.07 Å². The van der Waals surface area contributed by atoms with E-state index >= 15 is 0 Å². The molecule has 8 heteroatoms. The average molecular weight is 430 g/mol. The standard InChI is InChI=1S/C22H20ClNO6/c1-12-8-14(25)9-17(29-11-13-6-4-5-7-24-13)22(12)21(26)18-15(27-2)10-16(28-3)19(23)20(18)30-22/h4-7,9-10,12H,8,11H2,1-3H3/t12-,22+/m1/s1. The lowest BCUT2D eigenvalue weighted by atomic mass is 9.75. The summed E-state index contributed by atoms with van der Waals surface area (Å²) in [6.45, 7) is 1.85. The summed E-state index contributed by atoms with van der Waals surface area (Å²) < 4.78 is 22.8. The number of carbonyl (C=O) groups excluding carboxylic acids is 2. The van der Waals surface area contributed by atoms with Crippen LogP contribution in [-0.2, 0) is 16.1 Å². The molecule has 0 bridgehead atoms. The molecule has 4 rings (SSSR count). The molecule has 2 aliphatic rings. The van der Waals surface area contributed by atoms with E-state index in [0.717, 1.165) is 0 Å². The number of pyridine rings is 1. The van der Waals surface area contributed by atoms with E-state index in [1.54, 1.807) is 25.3 Å². The summed E-state index contributed by atoms with van der Waals surface area (Å²) in [5, 5.41) is 0.159. The average Bonchev–Trinajstić information content (AvgIpc) is 3.06. The normalized spacial score (nSPS) is 22.4. The summed E-state index contributed by atoms with van der Waals surface area (Å²) in [7, 11) is 2.91. The van der Waals surface area contributed by atoms with Gasteiger partial charge in [-0.05, 0) is 12.1 Å². The van der Waals surface area contributed by atoms with Crippen LogP contribution in [0, 0.1) is 5.92 Å². The molecule has 2 heterocycles. The first-order chi connectivity index (χ1) is 14.4. The van der Waals surface area contributed by atoms with Crippen LogP contribution in [0.5, 0.6) is 17.2 Å². The molecule has 2 atom stereocenters. The van der Waals surface area contributed by atoms with Crippen LogP contribution in [0.2, 0.25) is 5.02 Å². The molecule has 0 unspecified atom stereocenters. The van der Waals surface area contributed by atoms with Gasteiger partial charge in [-0.1, -0.05) is 24.6 Å². The monoisotopic (exact) mass is 429 g/mol. The van der Waals surface area contributed by atoms with Crippen LogP contribution in [0.3, 0.4) is 0 Å². The number of rotatable bonds is 5. The Balaban J connectivity index is 1.80. The fourth-order valence-electron chi connectivity index (χ4n) is 3.87. The van der Waals surface area contributed by atoms with Crippen LogP contribution in [0.25, 0.3) is 0 Å². The number of carbonyl (C=O) groups is 2. The number of fused-ring (bicyclic) bond motifs is 1. The van der Waals surface area contributed by atoms with Crippen molar-refractivity contribution in [1.29, 1.82) is 0 Å². The van der Waals surface area contributed by atoms with Crippen molar-refractivity contribution in [3.05, 3.63) is 58.6 Å². The van der Waals surface area contributed by atoms with E-state index in [-0.39, 0.29) is 52.4 Å². The fraction of sp³-hybridized carbons (Fsp3) is 0.318. The van der Waals surface area contributed by atoms with Gasteiger partial charge in [0.15, 0.2) is 17.3 Å². The number of methoxy groups -OCH3 is 2. The Morgan fingerprint density at radius 2 is 2.00 bits per heavy atom. The van der Waals surface area contributed by atoms with Gasteiger partial charge in [-0.15, -0.1) is 0 Å². The third-order valence-electron chi connectivity index (χ3n) is 5.38. The van der Waals surface area contributed by atoms with Crippen molar-refractivity contribution in [2.45, 2.75) is 25.6 Å². The minimum atomic E-state index is -1.52. The molecule has 0 fully saturated rings. The van der Waals surface area contributed by atoms with Gasteiger partial charge in [-0.2, -0.15) is 0 Å². The number of Topliss-reactive ketones (excluding diaryl/α,β-unsaturated/α-hetero) is 1. The van der Waals surface area contributed by atoms with Crippen molar-refractivity contribution in [2.24, 2.45) is 5.92 Å².